The third-order valence-corrected chi connectivity index (χ3v) is 7.43. The summed E-state index contributed by atoms with van der Waals surface area (Å²) in [7, 11) is -2.53. The number of hydrogen-bond acceptors (Lipinski definition) is 5. The number of nitrogens with zero attached hydrogens (tertiary/aromatic N) is 1. The second kappa shape index (κ2) is 10.0. The van der Waals surface area contributed by atoms with E-state index in [0.717, 1.165) is 25.6 Å². The third kappa shape index (κ3) is 5.90. The lowest BCUT2D eigenvalue weighted by atomic mass is 10.2. The van der Waals surface area contributed by atoms with Gasteiger partial charge in [-0.3, -0.25) is 0 Å². The minimum atomic E-state index is -2.53. The summed E-state index contributed by atoms with van der Waals surface area (Å²) >= 11 is 0. The molecule has 2 aliphatic rings. The second-order valence-electron chi connectivity index (χ2n) is 6.18. The molecular weight excluding hydrogens is 298 g/mol. The third-order valence-electron chi connectivity index (χ3n) is 4.31. The van der Waals surface area contributed by atoms with Crippen molar-refractivity contribution < 1.29 is 18.0 Å². The van der Waals surface area contributed by atoms with Crippen LogP contribution in [0.5, 0.6) is 0 Å². The maximum Gasteiger partial charge on any atom is 0.501 e. The van der Waals surface area contributed by atoms with Gasteiger partial charge >= 0.3 is 8.80 Å². The summed E-state index contributed by atoms with van der Waals surface area (Å²) in [5.41, 5.74) is 0. The van der Waals surface area contributed by atoms with Gasteiger partial charge in [-0.2, -0.15) is 0 Å². The Morgan fingerprint density at radius 1 is 1.00 bits per heavy atom. The molecule has 0 amide bonds. The zero-order chi connectivity index (χ0) is 15.7. The first kappa shape index (κ1) is 18.4. The van der Waals surface area contributed by atoms with Crippen molar-refractivity contribution in [2.75, 3.05) is 46.1 Å². The molecule has 2 heterocycles. The second-order valence-corrected chi connectivity index (χ2v) is 8.86. The minimum absolute atomic E-state index is 0.0724. The molecular formula is C16H33NO4Si. The predicted octanol–water partition coefficient (Wildman–Crippen LogP) is 2.68. The van der Waals surface area contributed by atoms with Gasteiger partial charge in [0.25, 0.3) is 0 Å². The van der Waals surface area contributed by atoms with E-state index in [4.69, 9.17) is 18.0 Å². The zero-order valence-electron chi connectivity index (χ0n) is 14.3. The van der Waals surface area contributed by atoms with E-state index in [-0.39, 0.29) is 6.10 Å². The van der Waals surface area contributed by atoms with Crippen LogP contribution in [0.3, 0.4) is 0 Å². The van der Waals surface area contributed by atoms with Crippen molar-refractivity contribution in [1.82, 2.24) is 4.90 Å². The first-order chi connectivity index (χ1) is 10.8. The van der Waals surface area contributed by atoms with Crippen LogP contribution in [0.15, 0.2) is 0 Å². The average Bonchev–Trinajstić information content (AvgIpc) is 2.74. The molecule has 0 radical (unpaired) electrons. The Hall–Kier alpha value is 0.0169. The maximum absolute atomic E-state index is 6.43. The van der Waals surface area contributed by atoms with E-state index in [1.54, 1.807) is 0 Å². The molecule has 2 saturated heterocycles. The van der Waals surface area contributed by atoms with Gasteiger partial charge in [-0.15, -0.1) is 0 Å². The van der Waals surface area contributed by atoms with Crippen LogP contribution in [-0.4, -0.2) is 65.9 Å². The number of likely N-dealkylation sites (tertiary alicyclic amines) is 1. The highest BCUT2D eigenvalue weighted by Crippen LogP contribution is 2.23. The van der Waals surface area contributed by atoms with Crippen LogP contribution in [0.2, 0.25) is 6.04 Å². The average molecular weight is 332 g/mol. The quantitative estimate of drug-likeness (QED) is 0.700. The van der Waals surface area contributed by atoms with Gasteiger partial charge in [0.2, 0.25) is 0 Å². The van der Waals surface area contributed by atoms with E-state index < -0.39 is 8.80 Å². The highest BCUT2D eigenvalue weighted by atomic mass is 28.4. The lowest BCUT2D eigenvalue weighted by Crippen LogP contribution is -2.53. The Morgan fingerprint density at radius 3 is 2.32 bits per heavy atom. The van der Waals surface area contributed by atoms with Crippen LogP contribution in [0.1, 0.15) is 46.0 Å². The fourth-order valence-corrected chi connectivity index (χ4v) is 6.08. The fraction of sp³-hybridized carbons (Fsp3) is 1.00. The van der Waals surface area contributed by atoms with Gasteiger partial charge in [0.15, 0.2) is 0 Å². The molecule has 0 aromatic heterocycles. The van der Waals surface area contributed by atoms with Crippen LogP contribution in [0.25, 0.3) is 0 Å². The molecule has 0 aromatic carbocycles. The minimum Gasteiger partial charge on any atom is -0.379 e. The molecule has 1 unspecified atom stereocenters. The molecule has 5 nitrogen and oxygen atoms in total. The Morgan fingerprint density at radius 2 is 1.68 bits per heavy atom. The van der Waals surface area contributed by atoms with E-state index in [2.05, 4.69) is 4.90 Å². The molecule has 0 spiro atoms. The predicted molar refractivity (Wildman–Crippen MR) is 89.0 cm³/mol. The van der Waals surface area contributed by atoms with E-state index in [1.165, 1.54) is 38.8 Å². The van der Waals surface area contributed by atoms with Gasteiger partial charge in [0.05, 0.1) is 12.7 Å². The zero-order valence-corrected chi connectivity index (χ0v) is 15.3. The summed E-state index contributed by atoms with van der Waals surface area (Å²) in [6, 6.07) is 0.866. The highest BCUT2D eigenvalue weighted by Gasteiger charge is 2.43. The van der Waals surface area contributed by atoms with Crippen LogP contribution >= 0.6 is 0 Å². The molecule has 0 saturated carbocycles. The van der Waals surface area contributed by atoms with Crippen molar-refractivity contribution in [1.29, 1.82) is 0 Å². The summed E-state index contributed by atoms with van der Waals surface area (Å²) in [6.45, 7) is 10.1. The van der Waals surface area contributed by atoms with Crippen molar-refractivity contribution >= 4 is 8.80 Å². The highest BCUT2D eigenvalue weighted by molar-refractivity contribution is 6.60. The molecule has 2 aliphatic heterocycles. The van der Waals surface area contributed by atoms with Crippen molar-refractivity contribution in [2.45, 2.75) is 58.1 Å². The monoisotopic (exact) mass is 331 g/mol. The van der Waals surface area contributed by atoms with E-state index in [0.29, 0.717) is 19.8 Å². The van der Waals surface area contributed by atoms with Gasteiger partial charge in [0, 0.05) is 32.4 Å². The van der Waals surface area contributed by atoms with E-state index >= 15 is 0 Å². The molecule has 130 valence electrons. The van der Waals surface area contributed by atoms with Crippen LogP contribution in [-0.2, 0) is 18.0 Å². The Balaban J connectivity index is 1.97. The van der Waals surface area contributed by atoms with Crippen LogP contribution in [0.4, 0.5) is 0 Å². The molecule has 0 aliphatic carbocycles. The number of rotatable bonds is 6. The molecule has 0 bridgehead atoms. The van der Waals surface area contributed by atoms with Crippen LogP contribution < -0.4 is 0 Å². The van der Waals surface area contributed by atoms with Gasteiger partial charge in [-0.1, -0.05) is 12.8 Å². The van der Waals surface area contributed by atoms with Gasteiger partial charge < -0.3 is 22.9 Å². The van der Waals surface area contributed by atoms with Crippen molar-refractivity contribution in [3.05, 3.63) is 0 Å². The SMILES string of the molecule is CCO[Si]1(OCC)CCCOCC(CN2CCCCCC2)O1. The largest absolute Gasteiger partial charge is 0.501 e. The Bertz CT molecular complexity index is 292. The summed E-state index contributed by atoms with van der Waals surface area (Å²) < 4.78 is 24.2. The molecule has 0 aromatic rings. The van der Waals surface area contributed by atoms with E-state index in [1.807, 2.05) is 13.8 Å². The lowest BCUT2D eigenvalue weighted by Gasteiger charge is -2.36. The summed E-state index contributed by atoms with van der Waals surface area (Å²) in [6.07, 6.45) is 6.34. The topological polar surface area (TPSA) is 40.2 Å². The fourth-order valence-electron chi connectivity index (χ4n) is 3.34. The first-order valence-corrected chi connectivity index (χ1v) is 11.0. The van der Waals surface area contributed by atoms with Crippen molar-refractivity contribution in [3.63, 3.8) is 0 Å². The van der Waals surface area contributed by atoms with Gasteiger partial charge in [0.1, 0.15) is 0 Å². The molecule has 2 rings (SSSR count). The van der Waals surface area contributed by atoms with E-state index in [9.17, 15) is 0 Å². The summed E-state index contributed by atoms with van der Waals surface area (Å²) in [5, 5.41) is 0. The molecule has 22 heavy (non-hydrogen) atoms. The summed E-state index contributed by atoms with van der Waals surface area (Å²) in [5.74, 6) is 0. The normalized spacial score (nSPS) is 27.8. The molecule has 6 heteroatoms. The summed E-state index contributed by atoms with van der Waals surface area (Å²) in [4.78, 5) is 2.53. The van der Waals surface area contributed by atoms with Crippen molar-refractivity contribution in [3.8, 4) is 0 Å². The van der Waals surface area contributed by atoms with Crippen LogP contribution in [0, 0.1) is 0 Å². The van der Waals surface area contributed by atoms with Crippen molar-refractivity contribution in [2.24, 2.45) is 0 Å². The Labute approximate surface area is 136 Å². The molecule has 2 fully saturated rings. The maximum atomic E-state index is 6.43. The first-order valence-electron chi connectivity index (χ1n) is 9.04. The van der Waals surface area contributed by atoms with Gasteiger partial charge in [-0.25, -0.2) is 0 Å². The smallest absolute Gasteiger partial charge is 0.379 e. The Kier molecular flexibility index (Phi) is 8.35. The molecule has 0 N–H and O–H groups in total. The number of hydrogen-bond donors (Lipinski definition) is 0. The lowest BCUT2D eigenvalue weighted by molar-refractivity contribution is -0.0360. The standard InChI is InChI=1S/C16H33NO4Si/c1-3-19-22(20-4-2)13-9-12-18-15-16(21-22)14-17-10-7-5-6-8-11-17/h16H,3-15H2,1-2H3. The molecule has 1 atom stereocenters. The number of ether oxygens (including phenoxy) is 1. The van der Waals surface area contributed by atoms with Gasteiger partial charge in [-0.05, 0) is 46.2 Å².